The van der Waals surface area contributed by atoms with Gasteiger partial charge in [-0.2, -0.15) is 0 Å². The zero-order chi connectivity index (χ0) is 19.8. The number of aromatic nitrogens is 2. The van der Waals surface area contributed by atoms with E-state index in [2.05, 4.69) is 20.9 Å². The van der Waals surface area contributed by atoms with Crippen LogP contribution in [0.25, 0.3) is 11.0 Å². The Hall–Kier alpha value is -2.70. The molecule has 0 spiro atoms. The number of carbonyl (C=O) groups is 1. The van der Waals surface area contributed by atoms with Gasteiger partial charge in [-0.1, -0.05) is 18.2 Å². The Morgan fingerprint density at radius 1 is 1.24 bits per heavy atom. The summed E-state index contributed by atoms with van der Waals surface area (Å²) in [6.07, 6.45) is 2.71. The maximum Gasteiger partial charge on any atom is 0.255 e. The number of carbonyl (C=O) groups excluding carboxylic acids is 1. The Bertz CT molecular complexity index is 1050. The van der Waals surface area contributed by atoms with Crippen molar-refractivity contribution in [3.8, 4) is 0 Å². The zero-order valence-corrected chi connectivity index (χ0v) is 16.7. The molecule has 6 heteroatoms. The minimum absolute atomic E-state index is 0.0887. The van der Waals surface area contributed by atoms with Gasteiger partial charge in [0.1, 0.15) is 5.82 Å². The first-order valence-electron chi connectivity index (χ1n) is 10.4. The van der Waals surface area contributed by atoms with E-state index in [0.29, 0.717) is 11.7 Å². The van der Waals surface area contributed by atoms with Crippen LogP contribution in [0.1, 0.15) is 34.6 Å². The molecule has 5 rings (SSSR count). The van der Waals surface area contributed by atoms with Crippen molar-refractivity contribution in [3.05, 3.63) is 59.4 Å². The summed E-state index contributed by atoms with van der Waals surface area (Å²) in [4.78, 5) is 19.9. The normalized spacial score (nSPS) is 19.4. The number of rotatable bonds is 4. The van der Waals surface area contributed by atoms with Gasteiger partial charge >= 0.3 is 0 Å². The smallest absolute Gasteiger partial charge is 0.255 e. The lowest BCUT2D eigenvalue weighted by Gasteiger charge is -2.29. The van der Waals surface area contributed by atoms with Gasteiger partial charge in [0, 0.05) is 37.5 Å². The molecule has 29 heavy (non-hydrogen) atoms. The van der Waals surface area contributed by atoms with Crippen LogP contribution in [0.4, 0.5) is 5.69 Å². The maximum absolute atomic E-state index is 12.6. The molecule has 2 aromatic carbocycles. The summed E-state index contributed by atoms with van der Waals surface area (Å²) in [6, 6.07) is 13.6. The first kappa shape index (κ1) is 18.3. The molecule has 0 bridgehead atoms. The second kappa shape index (κ2) is 7.61. The van der Waals surface area contributed by atoms with E-state index in [4.69, 9.17) is 9.72 Å². The second-order valence-electron chi connectivity index (χ2n) is 8.02. The molecule has 1 unspecified atom stereocenters. The molecule has 1 saturated heterocycles. The van der Waals surface area contributed by atoms with Gasteiger partial charge in [0.25, 0.3) is 5.91 Å². The fourth-order valence-electron chi connectivity index (χ4n) is 4.41. The highest BCUT2D eigenvalue weighted by Gasteiger charge is 2.24. The van der Waals surface area contributed by atoms with Crippen molar-refractivity contribution in [2.24, 2.45) is 0 Å². The standard InChI is InChI=1S/C23H26N4O2/c1-16-5-2-3-7-19(16)23(28)24-17-8-9-21-20(13-17)25-22-15-26(10-11-27(21)22)14-18-6-4-12-29-18/h2-3,5,7-9,13,18H,4,6,10-12,14-15H2,1H3,(H,24,28). The highest BCUT2D eigenvalue weighted by molar-refractivity contribution is 6.05. The first-order valence-corrected chi connectivity index (χ1v) is 10.4. The van der Waals surface area contributed by atoms with Crippen LogP contribution < -0.4 is 5.32 Å². The lowest BCUT2D eigenvalue weighted by Crippen LogP contribution is -2.38. The number of imidazole rings is 1. The summed E-state index contributed by atoms with van der Waals surface area (Å²) in [7, 11) is 0. The third kappa shape index (κ3) is 3.66. The van der Waals surface area contributed by atoms with Crippen LogP contribution in [-0.4, -0.2) is 46.2 Å². The van der Waals surface area contributed by atoms with Crippen LogP contribution in [0.15, 0.2) is 42.5 Å². The minimum Gasteiger partial charge on any atom is -0.377 e. The molecule has 1 fully saturated rings. The Balaban J connectivity index is 1.34. The number of anilines is 1. The van der Waals surface area contributed by atoms with E-state index in [9.17, 15) is 4.79 Å². The first-order chi connectivity index (χ1) is 14.2. The van der Waals surface area contributed by atoms with E-state index in [0.717, 1.165) is 67.3 Å². The molecule has 2 aliphatic heterocycles. The number of nitrogens with one attached hydrogen (secondary N) is 1. The molecule has 0 radical (unpaired) electrons. The number of amides is 1. The number of hydrogen-bond acceptors (Lipinski definition) is 4. The summed E-state index contributed by atoms with van der Waals surface area (Å²) < 4.78 is 8.09. The molecule has 0 saturated carbocycles. The molecule has 2 aliphatic rings. The number of ether oxygens (including phenoxy) is 1. The topological polar surface area (TPSA) is 59.4 Å². The maximum atomic E-state index is 12.6. The van der Waals surface area contributed by atoms with Crippen molar-refractivity contribution >= 4 is 22.6 Å². The lowest BCUT2D eigenvalue weighted by molar-refractivity contribution is 0.0636. The summed E-state index contributed by atoms with van der Waals surface area (Å²) in [5, 5.41) is 3.01. The predicted molar refractivity (Wildman–Crippen MR) is 113 cm³/mol. The lowest BCUT2D eigenvalue weighted by atomic mass is 10.1. The Morgan fingerprint density at radius 2 is 2.14 bits per heavy atom. The van der Waals surface area contributed by atoms with Crippen LogP contribution >= 0.6 is 0 Å². The molecule has 6 nitrogen and oxygen atoms in total. The molecule has 3 heterocycles. The molecule has 3 aromatic rings. The number of aryl methyl sites for hydroxylation is 1. The van der Waals surface area contributed by atoms with Gasteiger partial charge < -0.3 is 14.6 Å². The SMILES string of the molecule is Cc1ccccc1C(=O)Nc1ccc2c(c1)nc1n2CCN(CC2CCCO2)C1. The fraction of sp³-hybridized carbons (Fsp3) is 0.391. The predicted octanol–water partition coefficient (Wildman–Crippen LogP) is 3.59. The van der Waals surface area contributed by atoms with Crippen molar-refractivity contribution in [2.45, 2.75) is 39.0 Å². The number of nitrogens with zero attached hydrogens (tertiary/aromatic N) is 3. The molecule has 150 valence electrons. The molecule has 1 atom stereocenters. The molecule has 0 aliphatic carbocycles. The molecular formula is C23H26N4O2. The summed E-state index contributed by atoms with van der Waals surface area (Å²) >= 11 is 0. The molecule has 1 amide bonds. The van der Waals surface area contributed by atoms with Crippen LogP contribution in [-0.2, 0) is 17.8 Å². The van der Waals surface area contributed by atoms with Crippen molar-refractivity contribution in [2.75, 3.05) is 25.0 Å². The van der Waals surface area contributed by atoms with Crippen molar-refractivity contribution < 1.29 is 9.53 Å². The quantitative estimate of drug-likeness (QED) is 0.740. The minimum atomic E-state index is -0.0887. The van der Waals surface area contributed by atoms with E-state index < -0.39 is 0 Å². The molecular weight excluding hydrogens is 364 g/mol. The van der Waals surface area contributed by atoms with E-state index in [-0.39, 0.29) is 5.91 Å². The van der Waals surface area contributed by atoms with Gasteiger partial charge in [0.15, 0.2) is 0 Å². The Labute approximate surface area is 170 Å². The number of hydrogen-bond donors (Lipinski definition) is 1. The highest BCUT2D eigenvalue weighted by atomic mass is 16.5. The van der Waals surface area contributed by atoms with Crippen molar-refractivity contribution in [1.29, 1.82) is 0 Å². The second-order valence-corrected chi connectivity index (χ2v) is 8.02. The van der Waals surface area contributed by atoms with Crippen LogP contribution in [0.5, 0.6) is 0 Å². The van der Waals surface area contributed by atoms with Gasteiger partial charge in [0.05, 0.1) is 23.7 Å². The summed E-state index contributed by atoms with van der Waals surface area (Å²) in [5.41, 5.74) is 4.50. The van der Waals surface area contributed by atoms with Gasteiger partial charge in [0.2, 0.25) is 0 Å². The highest BCUT2D eigenvalue weighted by Crippen LogP contribution is 2.25. The van der Waals surface area contributed by atoms with Gasteiger partial charge in [-0.05, 0) is 49.6 Å². The third-order valence-corrected chi connectivity index (χ3v) is 5.97. The number of benzene rings is 2. The van der Waals surface area contributed by atoms with Crippen molar-refractivity contribution in [3.63, 3.8) is 0 Å². The third-order valence-electron chi connectivity index (χ3n) is 5.97. The van der Waals surface area contributed by atoms with E-state index in [1.807, 2.05) is 43.3 Å². The average molecular weight is 390 g/mol. The number of fused-ring (bicyclic) bond motifs is 3. The van der Waals surface area contributed by atoms with E-state index in [1.54, 1.807) is 0 Å². The largest absolute Gasteiger partial charge is 0.377 e. The van der Waals surface area contributed by atoms with Gasteiger partial charge in [-0.15, -0.1) is 0 Å². The average Bonchev–Trinajstić information content (AvgIpc) is 3.35. The van der Waals surface area contributed by atoms with Crippen LogP contribution in [0, 0.1) is 6.92 Å². The zero-order valence-electron chi connectivity index (χ0n) is 16.7. The van der Waals surface area contributed by atoms with Gasteiger partial charge in [-0.3, -0.25) is 9.69 Å². The van der Waals surface area contributed by atoms with E-state index >= 15 is 0 Å². The molecule has 1 N–H and O–H groups in total. The van der Waals surface area contributed by atoms with Crippen LogP contribution in [0.2, 0.25) is 0 Å². The van der Waals surface area contributed by atoms with E-state index in [1.165, 1.54) is 6.42 Å². The monoisotopic (exact) mass is 390 g/mol. The van der Waals surface area contributed by atoms with Gasteiger partial charge in [-0.25, -0.2) is 4.98 Å². The molecule has 1 aromatic heterocycles. The summed E-state index contributed by atoms with van der Waals surface area (Å²) in [6.45, 7) is 6.63. The Morgan fingerprint density at radius 3 is 2.97 bits per heavy atom. The van der Waals surface area contributed by atoms with Crippen LogP contribution in [0.3, 0.4) is 0 Å². The fourth-order valence-corrected chi connectivity index (χ4v) is 4.41. The van der Waals surface area contributed by atoms with Crippen molar-refractivity contribution in [1.82, 2.24) is 14.5 Å². The Kier molecular flexibility index (Phi) is 4.81. The summed E-state index contributed by atoms with van der Waals surface area (Å²) in [5.74, 6) is 1.00.